The van der Waals surface area contributed by atoms with Crippen molar-refractivity contribution >= 4 is 5.76 Å². The number of aliphatic hydroxyl groups is 1. The first-order valence-electron chi connectivity index (χ1n) is 2.79. The first kappa shape index (κ1) is 4.61. The van der Waals surface area contributed by atoms with Crippen molar-refractivity contribution in [3.05, 3.63) is 23.5 Å². The summed E-state index contributed by atoms with van der Waals surface area (Å²) in [5, 5.41) is 15.6. The fourth-order valence-corrected chi connectivity index (χ4v) is 0.998. The lowest BCUT2D eigenvalue weighted by Gasteiger charge is -1.85. The van der Waals surface area contributed by atoms with Gasteiger partial charge in [0.2, 0.25) is 0 Å². The van der Waals surface area contributed by atoms with E-state index in [0.717, 1.165) is 17.7 Å². The molecule has 1 aliphatic carbocycles. The van der Waals surface area contributed by atoms with Crippen LogP contribution in [0.15, 0.2) is 12.3 Å². The van der Waals surface area contributed by atoms with E-state index in [1.165, 1.54) is 0 Å². The van der Waals surface area contributed by atoms with Gasteiger partial charge in [-0.25, -0.2) is 0 Å². The highest BCUT2D eigenvalue weighted by atomic mass is 16.3. The Hall–Kier alpha value is -1.25. The van der Waals surface area contributed by atoms with Gasteiger partial charge in [0, 0.05) is 6.42 Å². The predicted molar refractivity (Wildman–Crippen MR) is 32.9 cm³/mol. The van der Waals surface area contributed by atoms with Crippen LogP contribution in [0.5, 0.6) is 0 Å². The number of H-pyrrole nitrogens is 1. The van der Waals surface area contributed by atoms with Gasteiger partial charge in [-0.05, 0) is 6.08 Å². The lowest BCUT2D eigenvalue weighted by molar-refractivity contribution is 0.513. The molecule has 0 fully saturated rings. The molecule has 0 saturated heterocycles. The van der Waals surface area contributed by atoms with Gasteiger partial charge in [0.1, 0.15) is 5.76 Å². The summed E-state index contributed by atoms with van der Waals surface area (Å²) in [5.74, 6) is 0.346. The smallest absolute Gasteiger partial charge is 0.122 e. The molecule has 0 amide bonds. The van der Waals surface area contributed by atoms with Crippen molar-refractivity contribution in [3.63, 3.8) is 0 Å². The molecule has 3 nitrogen and oxygen atoms in total. The Labute approximate surface area is 52.0 Å². The van der Waals surface area contributed by atoms with Crippen molar-refractivity contribution in [1.82, 2.24) is 10.2 Å². The van der Waals surface area contributed by atoms with Crippen LogP contribution in [0.4, 0.5) is 0 Å². The van der Waals surface area contributed by atoms with E-state index in [1.54, 1.807) is 12.3 Å². The molecule has 3 heteroatoms. The van der Waals surface area contributed by atoms with Crippen molar-refractivity contribution in [2.24, 2.45) is 0 Å². The molecule has 0 unspecified atom stereocenters. The average Bonchev–Trinajstić information content (AvgIpc) is 2.35. The number of aliphatic hydroxyl groups excluding tert-OH is 1. The van der Waals surface area contributed by atoms with Gasteiger partial charge >= 0.3 is 0 Å². The zero-order valence-electron chi connectivity index (χ0n) is 4.76. The van der Waals surface area contributed by atoms with Gasteiger partial charge in [0.15, 0.2) is 0 Å². The summed E-state index contributed by atoms with van der Waals surface area (Å²) in [6, 6.07) is 0. The van der Waals surface area contributed by atoms with E-state index < -0.39 is 0 Å². The van der Waals surface area contributed by atoms with E-state index in [9.17, 15) is 0 Å². The van der Waals surface area contributed by atoms with E-state index in [4.69, 9.17) is 5.11 Å². The van der Waals surface area contributed by atoms with E-state index in [-0.39, 0.29) is 0 Å². The Balaban J connectivity index is 2.62. The number of nitrogens with one attached hydrogen (secondary N) is 1. The predicted octanol–water partition coefficient (Wildman–Crippen LogP) is 0.865. The number of rotatable bonds is 0. The van der Waals surface area contributed by atoms with Gasteiger partial charge in [0.05, 0.1) is 17.5 Å². The van der Waals surface area contributed by atoms with Crippen LogP contribution in [0.2, 0.25) is 0 Å². The molecule has 1 aliphatic rings. The third-order valence-electron chi connectivity index (χ3n) is 1.49. The van der Waals surface area contributed by atoms with Gasteiger partial charge in [-0.1, -0.05) is 0 Å². The SMILES string of the molecule is OC1=CCc2[nH]ncc21. The highest BCUT2D eigenvalue weighted by molar-refractivity contribution is 5.64. The topological polar surface area (TPSA) is 48.9 Å². The van der Waals surface area contributed by atoms with Crippen molar-refractivity contribution in [2.45, 2.75) is 6.42 Å². The molecule has 2 rings (SSSR count). The summed E-state index contributed by atoms with van der Waals surface area (Å²) >= 11 is 0. The van der Waals surface area contributed by atoms with Gasteiger partial charge in [-0.2, -0.15) is 5.10 Å². The molecule has 1 heterocycles. The molecular formula is C6H6N2O. The van der Waals surface area contributed by atoms with Crippen LogP contribution in [0.3, 0.4) is 0 Å². The van der Waals surface area contributed by atoms with Crippen LogP contribution in [0.1, 0.15) is 11.3 Å². The van der Waals surface area contributed by atoms with Crippen molar-refractivity contribution in [1.29, 1.82) is 0 Å². The van der Waals surface area contributed by atoms with E-state index in [0.29, 0.717) is 5.76 Å². The second-order valence-corrected chi connectivity index (χ2v) is 2.06. The number of allylic oxidation sites excluding steroid dienone is 1. The Kier molecular flexibility index (Phi) is 0.704. The molecule has 0 aromatic carbocycles. The minimum atomic E-state index is 0.346. The van der Waals surface area contributed by atoms with Crippen LogP contribution in [0.25, 0.3) is 5.76 Å². The van der Waals surface area contributed by atoms with Gasteiger partial charge in [-0.3, -0.25) is 5.10 Å². The minimum absolute atomic E-state index is 0.346. The summed E-state index contributed by atoms with van der Waals surface area (Å²) in [6.45, 7) is 0. The van der Waals surface area contributed by atoms with Gasteiger partial charge in [-0.15, -0.1) is 0 Å². The summed E-state index contributed by atoms with van der Waals surface area (Å²) < 4.78 is 0. The number of hydrogen-bond donors (Lipinski definition) is 2. The van der Waals surface area contributed by atoms with Crippen LogP contribution >= 0.6 is 0 Å². The maximum atomic E-state index is 9.07. The lowest BCUT2D eigenvalue weighted by atomic mass is 10.3. The normalized spacial score (nSPS) is 15.3. The van der Waals surface area contributed by atoms with Crippen molar-refractivity contribution in [3.8, 4) is 0 Å². The standard InChI is InChI=1S/C6H6N2O/c9-6-2-1-5-4(6)3-7-8-5/h2-3,9H,1H2,(H,7,8). The molecule has 0 atom stereocenters. The molecule has 0 aliphatic heterocycles. The summed E-state index contributed by atoms with van der Waals surface area (Å²) in [5.41, 5.74) is 1.85. The van der Waals surface area contributed by atoms with E-state index >= 15 is 0 Å². The van der Waals surface area contributed by atoms with Crippen LogP contribution < -0.4 is 0 Å². The Morgan fingerprint density at radius 3 is 3.33 bits per heavy atom. The Bertz CT molecular complexity index is 262. The second kappa shape index (κ2) is 1.37. The molecule has 0 saturated carbocycles. The first-order valence-corrected chi connectivity index (χ1v) is 2.79. The lowest BCUT2D eigenvalue weighted by Crippen LogP contribution is -1.77. The molecular weight excluding hydrogens is 116 g/mol. The number of hydrogen-bond acceptors (Lipinski definition) is 2. The molecule has 2 N–H and O–H groups in total. The van der Waals surface area contributed by atoms with Gasteiger partial charge < -0.3 is 5.11 Å². The van der Waals surface area contributed by atoms with E-state index in [2.05, 4.69) is 10.2 Å². The highest BCUT2D eigenvalue weighted by Gasteiger charge is 2.13. The maximum Gasteiger partial charge on any atom is 0.122 e. The molecule has 0 radical (unpaired) electrons. The molecule has 9 heavy (non-hydrogen) atoms. The second-order valence-electron chi connectivity index (χ2n) is 2.06. The van der Waals surface area contributed by atoms with Crippen LogP contribution in [0, 0.1) is 0 Å². The molecule has 1 aromatic rings. The van der Waals surface area contributed by atoms with Gasteiger partial charge in [0.25, 0.3) is 0 Å². The monoisotopic (exact) mass is 122 g/mol. The first-order chi connectivity index (χ1) is 4.38. The largest absolute Gasteiger partial charge is 0.508 e. The van der Waals surface area contributed by atoms with E-state index in [1.807, 2.05) is 0 Å². The fraction of sp³-hybridized carbons (Fsp3) is 0.167. The van der Waals surface area contributed by atoms with Crippen molar-refractivity contribution in [2.75, 3.05) is 0 Å². The highest BCUT2D eigenvalue weighted by Crippen LogP contribution is 2.21. The third kappa shape index (κ3) is 0.483. The Morgan fingerprint density at radius 2 is 2.56 bits per heavy atom. The quantitative estimate of drug-likeness (QED) is 0.536. The third-order valence-corrected chi connectivity index (χ3v) is 1.49. The number of nitrogens with zero attached hydrogens (tertiary/aromatic N) is 1. The Morgan fingerprint density at radius 1 is 1.67 bits per heavy atom. The molecule has 0 bridgehead atoms. The van der Waals surface area contributed by atoms with Crippen molar-refractivity contribution < 1.29 is 5.11 Å². The zero-order chi connectivity index (χ0) is 6.27. The molecule has 46 valence electrons. The zero-order valence-corrected chi connectivity index (χ0v) is 4.76. The summed E-state index contributed by atoms with van der Waals surface area (Å²) in [7, 11) is 0. The number of aromatic amines is 1. The number of fused-ring (bicyclic) bond motifs is 1. The molecule has 0 spiro atoms. The van der Waals surface area contributed by atoms with Crippen LogP contribution in [-0.2, 0) is 6.42 Å². The molecule has 1 aromatic heterocycles. The maximum absolute atomic E-state index is 9.07. The summed E-state index contributed by atoms with van der Waals surface area (Å²) in [6.07, 6.45) is 4.18. The average molecular weight is 122 g/mol. The number of aromatic nitrogens is 2. The summed E-state index contributed by atoms with van der Waals surface area (Å²) in [4.78, 5) is 0. The minimum Gasteiger partial charge on any atom is -0.508 e. The fourth-order valence-electron chi connectivity index (χ4n) is 0.998. The van der Waals surface area contributed by atoms with Crippen LogP contribution in [-0.4, -0.2) is 15.3 Å².